The first-order valence-corrected chi connectivity index (χ1v) is 12.3. The first kappa shape index (κ1) is 21.4. The molecule has 1 aromatic rings. The molecule has 10 heteroatoms. The van der Waals surface area contributed by atoms with Crippen LogP contribution in [0.3, 0.4) is 0 Å². The maximum absolute atomic E-state index is 13.4. The molecule has 3 aliphatic rings. The number of anilines is 1. The van der Waals surface area contributed by atoms with Gasteiger partial charge in [-0.15, -0.1) is 0 Å². The molecule has 0 spiro atoms. The van der Waals surface area contributed by atoms with E-state index in [0.717, 1.165) is 25.7 Å². The Labute approximate surface area is 181 Å². The highest BCUT2D eigenvalue weighted by atomic mass is 35.5. The average Bonchev–Trinajstić information content (AvgIpc) is 3.07. The number of fused-ring (bicyclic) bond motifs is 1. The second-order valence-electron chi connectivity index (χ2n) is 8.09. The van der Waals surface area contributed by atoms with E-state index in [1.54, 1.807) is 0 Å². The number of halogens is 1. The normalized spacial score (nSPS) is 23.2. The van der Waals surface area contributed by atoms with Crippen molar-refractivity contribution >= 4 is 39.1 Å². The minimum absolute atomic E-state index is 0.0191. The summed E-state index contributed by atoms with van der Waals surface area (Å²) in [5, 5.41) is 5.66. The number of hydrogen-bond donors (Lipinski definition) is 2. The van der Waals surface area contributed by atoms with Crippen molar-refractivity contribution in [2.45, 2.75) is 68.3 Å². The van der Waals surface area contributed by atoms with Gasteiger partial charge in [0.15, 0.2) is 6.61 Å². The molecule has 8 nitrogen and oxygen atoms in total. The van der Waals surface area contributed by atoms with Gasteiger partial charge in [-0.2, -0.15) is 4.31 Å². The quantitative estimate of drug-likeness (QED) is 0.679. The summed E-state index contributed by atoms with van der Waals surface area (Å²) in [6.07, 6.45) is 7.48. The predicted molar refractivity (Wildman–Crippen MR) is 112 cm³/mol. The van der Waals surface area contributed by atoms with Crippen molar-refractivity contribution in [2.75, 3.05) is 18.5 Å². The summed E-state index contributed by atoms with van der Waals surface area (Å²) >= 11 is 6.26. The molecule has 0 radical (unpaired) electrons. The largest absolute Gasteiger partial charge is 0.482 e. The molecule has 2 N–H and O–H groups in total. The molecule has 1 aromatic carbocycles. The molecule has 1 atom stereocenters. The van der Waals surface area contributed by atoms with Crippen LogP contribution in [0.2, 0.25) is 5.02 Å². The van der Waals surface area contributed by atoms with E-state index in [4.69, 9.17) is 16.3 Å². The van der Waals surface area contributed by atoms with Crippen LogP contribution in [-0.2, 0) is 19.6 Å². The average molecular weight is 456 g/mol. The maximum atomic E-state index is 13.4. The van der Waals surface area contributed by atoms with E-state index in [2.05, 4.69) is 10.6 Å². The van der Waals surface area contributed by atoms with Gasteiger partial charge in [0.1, 0.15) is 16.7 Å². The molecule has 4 rings (SSSR count). The molecule has 1 aliphatic carbocycles. The molecule has 2 heterocycles. The van der Waals surface area contributed by atoms with Crippen LogP contribution in [-0.4, -0.2) is 49.8 Å². The second-order valence-corrected chi connectivity index (χ2v) is 10.4. The molecule has 1 saturated carbocycles. The maximum Gasteiger partial charge on any atom is 0.262 e. The lowest BCUT2D eigenvalue weighted by molar-refractivity contribution is -0.125. The van der Waals surface area contributed by atoms with Crippen LogP contribution in [0, 0.1) is 0 Å². The van der Waals surface area contributed by atoms with E-state index in [9.17, 15) is 18.0 Å². The van der Waals surface area contributed by atoms with Crippen molar-refractivity contribution in [1.29, 1.82) is 0 Å². The van der Waals surface area contributed by atoms with E-state index in [0.29, 0.717) is 18.5 Å². The number of sulfonamides is 1. The lowest BCUT2D eigenvalue weighted by Gasteiger charge is -2.27. The van der Waals surface area contributed by atoms with Crippen molar-refractivity contribution in [2.24, 2.45) is 0 Å². The van der Waals surface area contributed by atoms with Gasteiger partial charge in [-0.05, 0) is 31.7 Å². The SMILES string of the molecule is O=C1COc2cc(S(=O)(=O)N3CCC[C@@H]3C(=O)NC3CCCCCC3)c(Cl)cc2N1. The number of rotatable bonds is 4. The van der Waals surface area contributed by atoms with Gasteiger partial charge < -0.3 is 15.4 Å². The minimum Gasteiger partial charge on any atom is -0.482 e. The molecule has 2 fully saturated rings. The Morgan fingerprint density at radius 2 is 1.87 bits per heavy atom. The summed E-state index contributed by atoms with van der Waals surface area (Å²) < 4.78 is 33.4. The Bertz CT molecular complexity index is 944. The molecule has 164 valence electrons. The van der Waals surface area contributed by atoms with Crippen molar-refractivity contribution in [3.05, 3.63) is 17.2 Å². The number of ether oxygens (including phenoxy) is 1. The number of amides is 2. The Kier molecular flexibility index (Phi) is 6.22. The van der Waals surface area contributed by atoms with Gasteiger partial charge >= 0.3 is 0 Å². The third-order valence-corrected chi connectivity index (χ3v) is 8.33. The molecule has 30 heavy (non-hydrogen) atoms. The summed E-state index contributed by atoms with van der Waals surface area (Å²) in [5.74, 6) is -0.319. The van der Waals surface area contributed by atoms with Crippen LogP contribution in [0.4, 0.5) is 5.69 Å². The van der Waals surface area contributed by atoms with Gasteiger partial charge in [0.05, 0.1) is 10.7 Å². The highest BCUT2D eigenvalue weighted by Gasteiger charge is 2.41. The first-order chi connectivity index (χ1) is 14.4. The number of carbonyl (C=O) groups excluding carboxylic acids is 2. The fourth-order valence-electron chi connectivity index (χ4n) is 4.42. The van der Waals surface area contributed by atoms with E-state index < -0.39 is 16.1 Å². The highest BCUT2D eigenvalue weighted by molar-refractivity contribution is 7.89. The van der Waals surface area contributed by atoms with Crippen LogP contribution in [0.1, 0.15) is 51.4 Å². The zero-order valence-corrected chi connectivity index (χ0v) is 18.2. The smallest absolute Gasteiger partial charge is 0.262 e. The lowest BCUT2D eigenvalue weighted by Crippen LogP contribution is -2.48. The first-order valence-electron chi connectivity index (χ1n) is 10.4. The monoisotopic (exact) mass is 455 g/mol. The Balaban J connectivity index is 1.56. The molecular weight excluding hydrogens is 430 g/mol. The topological polar surface area (TPSA) is 105 Å². The van der Waals surface area contributed by atoms with Gasteiger partial charge in [-0.25, -0.2) is 8.42 Å². The summed E-state index contributed by atoms with van der Waals surface area (Å²) in [4.78, 5) is 24.3. The van der Waals surface area contributed by atoms with Crippen LogP contribution in [0.15, 0.2) is 17.0 Å². The lowest BCUT2D eigenvalue weighted by atomic mass is 10.1. The number of nitrogens with zero attached hydrogens (tertiary/aromatic N) is 1. The van der Waals surface area contributed by atoms with Gasteiger partial charge in [0, 0.05) is 18.7 Å². The van der Waals surface area contributed by atoms with Crippen LogP contribution >= 0.6 is 11.6 Å². The van der Waals surface area contributed by atoms with Gasteiger partial charge in [0.25, 0.3) is 5.91 Å². The number of carbonyl (C=O) groups is 2. The summed E-state index contributed by atoms with van der Waals surface area (Å²) in [7, 11) is -4.01. The fourth-order valence-corrected chi connectivity index (χ4v) is 6.59. The number of benzene rings is 1. The summed E-state index contributed by atoms with van der Waals surface area (Å²) in [6.45, 7) is 0.0698. The van der Waals surface area contributed by atoms with Crippen LogP contribution in [0.5, 0.6) is 5.75 Å². The molecule has 1 saturated heterocycles. The minimum atomic E-state index is -4.01. The third kappa shape index (κ3) is 4.29. The van der Waals surface area contributed by atoms with Crippen LogP contribution in [0.25, 0.3) is 0 Å². The van der Waals surface area contributed by atoms with Gasteiger partial charge in [-0.3, -0.25) is 9.59 Å². The fraction of sp³-hybridized carbons (Fsp3) is 0.600. The van der Waals surface area contributed by atoms with Crippen LogP contribution < -0.4 is 15.4 Å². The van der Waals surface area contributed by atoms with E-state index >= 15 is 0 Å². The van der Waals surface area contributed by atoms with Crippen molar-refractivity contribution < 1.29 is 22.7 Å². The van der Waals surface area contributed by atoms with E-state index in [1.807, 2.05) is 0 Å². The standard InChI is InChI=1S/C20H26ClN3O5S/c21-14-10-15-17(29-12-19(25)23-15)11-18(14)30(27,28)24-9-5-8-16(24)20(26)22-13-6-3-1-2-4-7-13/h10-11,13,16H,1-9,12H2,(H,22,26)(H,23,25)/t16-/m1/s1. The molecule has 0 unspecified atom stereocenters. The molecule has 2 amide bonds. The number of nitrogens with one attached hydrogen (secondary N) is 2. The van der Waals surface area contributed by atoms with Crippen molar-refractivity contribution in [3.63, 3.8) is 0 Å². The zero-order valence-electron chi connectivity index (χ0n) is 16.7. The third-order valence-electron chi connectivity index (χ3n) is 5.96. The highest BCUT2D eigenvalue weighted by Crippen LogP contribution is 2.38. The predicted octanol–water partition coefficient (Wildman–Crippen LogP) is 2.66. The Morgan fingerprint density at radius 1 is 1.13 bits per heavy atom. The molecule has 2 aliphatic heterocycles. The zero-order chi connectivity index (χ0) is 21.3. The summed E-state index contributed by atoms with van der Waals surface area (Å²) in [5.41, 5.74) is 0.333. The van der Waals surface area contributed by atoms with Crippen molar-refractivity contribution in [3.8, 4) is 5.75 Å². The Morgan fingerprint density at radius 3 is 2.60 bits per heavy atom. The van der Waals surface area contributed by atoms with Gasteiger partial charge in [-0.1, -0.05) is 37.3 Å². The second kappa shape index (κ2) is 8.72. The van der Waals surface area contributed by atoms with E-state index in [-0.39, 0.29) is 46.7 Å². The van der Waals surface area contributed by atoms with E-state index in [1.165, 1.54) is 29.3 Å². The molecule has 0 aromatic heterocycles. The summed E-state index contributed by atoms with van der Waals surface area (Å²) in [6, 6.07) is 2.06. The Hall–Kier alpha value is -1.84. The van der Waals surface area contributed by atoms with Gasteiger partial charge in [0.2, 0.25) is 15.9 Å². The number of hydrogen-bond acceptors (Lipinski definition) is 5. The molecular formula is C20H26ClN3O5S. The molecule has 0 bridgehead atoms. The van der Waals surface area contributed by atoms with Crippen molar-refractivity contribution in [1.82, 2.24) is 9.62 Å².